The van der Waals surface area contributed by atoms with E-state index >= 15 is 0 Å². The van der Waals surface area contributed by atoms with E-state index in [0.29, 0.717) is 5.56 Å². The number of hydrogen-bond acceptors (Lipinski definition) is 3. The van der Waals surface area contributed by atoms with Gasteiger partial charge in [-0.25, -0.2) is 4.79 Å². The van der Waals surface area contributed by atoms with Crippen molar-refractivity contribution in [2.24, 2.45) is 0 Å². The van der Waals surface area contributed by atoms with Gasteiger partial charge in [-0.3, -0.25) is 0 Å². The first-order valence-corrected chi connectivity index (χ1v) is 5.06. The number of halogens is 1. The second-order valence-corrected chi connectivity index (χ2v) is 3.80. The van der Waals surface area contributed by atoms with Crippen LogP contribution in [0.3, 0.4) is 0 Å². The van der Waals surface area contributed by atoms with Gasteiger partial charge < -0.3 is 9.84 Å². The van der Waals surface area contributed by atoms with Gasteiger partial charge in [-0.1, -0.05) is 40.7 Å². The molecule has 1 rings (SSSR count). The topological polar surface area (TPSA) is 46.5 Å². The standard InChI is InChI=1S/C11H11BrO3/c1-7(11(14)15-2)10(13)8-5-3-4-6-9(8)12/h3-6,10,13H,1H2,2H3/t10-/m0/s1. The molecular formula is C11H11BrO3. The third-order valence-corrected chi connectivity index (χ3v) is 2.70. The number of carbonyl (C=O) groups excluding carboxylic acids is 1. The normalized spacial score (nSPS) is 11.9. The van der Waals surface area contributed by atoms with E-state index < -0.39 is 12.1 Å². The summed E-state index contributed by atoms with van der Waals surface area (Å²) in [6.45, 7) is 3.50. The molecule has 4 heteroatoms. The maximum absolute atomic E-state index is 11.1. The van der Waals surface area contributed by atoms with Crippen molar-refractivity contribution in [2.75, 3.05) is 7.11 Å². The molecule has 0 aliphatic heterocycles. The maximum atomic E-state index is 11.1. The molecule has 0 unspecified atom stereocenters. The van der Waals surface area contributed by atoms with Crippen LogP contribution in [0.5, 0.6) is 0 Å². The number of aliphatic hydroxyl groups is 1. The molecule has 1 atom stereocenters. The Morgan fingerprint density at radius 3 is 2.67 bits per heavy atom. The van der Waals surface area contributed by atoms with Crippen LogP contribution in [-0.4, -0.2) is 18.2 Å². The second-order valence-electron chi connectivity index (χ2n) is 2.94. The fourth-order valence-corrected chi connectivity index (χ4v) is 1.63. The summed E-state index contributed by atoms with van der Waals surface area (Å²) in [7, 11) is 1.25. The van der Waals surface area contributed by atoms with E-state index in [1.165, 1.54) is 7.11 Å². The molecule has 0 spiro atoms. The molecule has 0 bridgehead atoms. The van der Waals surface area contributed by atoms with Gasteiger partial charge in [-0.15, -0.1) is 0 Å². The summed E-state index contributed by atoms with van der Waals surface area (Å²) < 4.78 is 5.21. The van der Waals surface area contributed by atoms with E-state index in [2.05, 4.69) is 27.2 Å². The van der Waals surface area contributed by atoms with Crippen LogP contribution < -0.4 is 0 Å². The van der Waals surface area contributed by atoms with Gasteiger partial charge in [-0.2, -0.15) is 0 Å². The SMILES string of the molecule is C=C(C(=O)OC)[C@H](O)c1ccccc1Br. The number of benzene rings is 1. The predicted molar refractivity (Wildman–Crippen MR) is 60.3 cm³/mol. The van der Waals surface area contributed by atoms with Gasteiger partial charge in [0.15, 0.2) is 0 Å². The molecule has 0 amide bonds. The summed E-state index contributed by atoms with van der Waals surface area (Å²) in [4.78, 5) is 11.1. The third-order valence-electron chi connectivity index (χ3n) is 1.98. The van der Waals surface area contributed by atoms with E-state index in [-0.39, 0.29) is 5.57 Å². The zero-order valence-corrected chi connectivity index (χ0v) is 9.82. The molecule has 0 heterocycles. The second kappa shape index (κ2) is 5.09. The Kier molecular flexibility index (Phi) is 4.05. The molecule has 80 valence electrons. The molecule has 1 aromatic carbocycles. The smallest absolute Gasteiger partial charge is 0.336 e. The predicted octanol–water partition coefficient (Wildman–Crippen LogP) is 2.21. The molecule has 1 aromatic rings. The Labute approximate surface area is 96.5 Å². The van der Waals surface area contributed by atoms with E-state index in [0.717, 1.165) is 4.47 Å². The molecule has 15 heavy (non-hydrogen) atoms. The fourth-order valence-electron chi connectivity index (χ4n) is 1.13. The number of methoxy groups -OCH3 is 1. The summed E-state index contributed by atoms with van der Waals surface area (Å²) in [5.41, 5.74) is 0.609. The number of esters is 1. The van der Waals surface area contributed by atoms with Crippen molar-refractivity contribution in [1.82, 2.24) is 0 Å². The number of carbonyl (C=O) groups is 1. The van der Waals surface area contributed by atoms with Gasteiger partial charge in [-0.05, 0) is 11.6 Å². The number of hydrogen-bond donors (Lipinski definition) is 1. The summed E-state index contributed by atoms with van der Waals surface area (Å²) >= 11 is 3.28. The minimum atomic E-state index is -1.05. The number of rotatable bonds is 3. The van der Waals surface area contributed by atoms with Crippen molar-refractivity contribution < 1.29 is 14.6 Å². The lowest BCUT2D eigenvalue weighted by Crippen LogP contribution is -2.12. The molecule has 0 aliphatic carbocycles. The minimum Gasteiger partial charge on any atom is -0.466 e. The molecule has 0 saturated carbocycles. The van der Waals surface area contributed by atoms with Gasteiger partial charge >= 0.3 is 5.97 Å². The van der Waals surface area contributed by atoms with E-state index in [9.17, 15) is 9.90 Å². The summed E-state index contributed by atoms with van der Waals surface area (Å²) in [6, 6.07) is 7.08. The lowest BCUT2D eigenvalue weighted by atomic mass is 10.0. The van der Waals surface area contributed by atoms with Gasteiger partial charge in [0.05, 0.1) is 12.7 Å². The first-order chi connectivity index (χ1) is 7.07. The average Bonchev–Trinajstić information content (AvgIpc) is 2.26. The van der Waals surface area contributed by atoms with Crippen molar-refractivity contribution in [2.45, 2.75) is 6.10 Å². The van der Waals surface area contributed by atoms with Gasteiger partial charge in [0.25, 0.3) is 0 Å². The Morgan fingerprint density at radius 2 is 2.13 bits per heavy atom. The van der Waals surface area contributed by atoms with Gasteiger partial charge in [0, 0.05) is 4.47 Å². The van der Waals surface area contributed by atoms with Gasteiger partial charge in [0.1, 0.15) is 6.10 Å². The highest BCUT2D eigenvalue weighted by atomic mass is 79.9. The van der Waals surface area contributed by atoms with Crippen LogP contribution in [0.2, 0.25) is 0 Å². The van der Waals surface area contributed by atoms with Crippen molar-refractivity contribution in [3.8, 4) is 0 Å². The first kappa shape index (κ1) is 11.9. The van der Waals surface area contributed by atoms with Gasteiger partial charge in [0.2, 0.25) is 0 Å². The van der Waals surface area contributed by atoms with Crippen LogP contribution in [0.1, 0.15) is 11.7 Å². The molecule has 1 N–H and O–H groups in total. The maximum Gasteiger partial charge on any atom is 0.336 e. The van der Waals surface area contributed by atoms with Crippen molar-refractivity contribution >= 4 is 21.9 Å². The Hall–Kier alpha value is -1.13. The Balaban J connectivity index is 2.95. The molecule has 0 fully saturated rings. The zero-order chi connectivity index (χ0) is 11.4. The molecule has 0 radical (unpaired) electrons. The molecular weight excluding hydrogens is 260 g/mol. The molecule has 0 aliphatic rings. The van der Waals surface area contributed by atoms with E-state index in [1.54, 1.807) is 18.2 Å². The quantitative estimate of drug-likeness (QED) is 0.677. The fraction of sp³-hybridized carbons (Fsp3) is 0.182. The summed E-state index contributed by atoms with van der Waals surface area (Å²) in [5.74, 6) is -0.613. The van der Waals surface area contributed by atoms with Crippen LogP contribution in [0, 0.1) is 0 Å². The van der Waals surface area contributed by atoms with Crippen molar-refractivity contribution in [3.63, 3.8) is 0 Å². The highest BCUT2D eigenvalue weighted by Crippen LogP contribution is 2.27. The lowest BCUT2D eigenvalue weighted by Gasteiger charge is -2.13. The largest absolute Gasteiger partial charge is 0.466 e. The summed E-state index contributed by atoms with van der Waals surface area (Å²) in [5, 5.41) is 9.84. The highest BCUT2D eigenvalue weighted by Gasteiger charge is 2.20. The number of aliphatic hydroxyl groups excluding tert-OH is 1. The van der Waals surface area contributed by atoms with Crippen LogP contribution in [0.25, 0.3) is 0 Å². The van der Waals surface area contributed by atoms with E-state index in [4.69, 9.17) is 0 Å². The highest BCUT2D eigenvalue weighted by molar-refractivity contribution is 9.10. The lowest BCUT2D eigenvalue weighted by molar-refractivity contribution is -0.137. The van der Waals surface area contributed by atoms with Crippen molar-refractivity contribution in [1.29, 1.82) is 0 Å². The number of ether oxygens (including phenoxy) is 1. The first-order valence-electron chi connectivity index (χ1n) is 4.27. The Morgan fingerprint density at radius 1 is 1.53 bits per heavy atom. The molecule has 3 nitrogen and oxygen atoms in total. The summed E-state index contributed by atoms with van der Waals surface area (Å²) in [6.07, 6.45) is -1.05. The zero-order valence-electron chi connectivity index (χ0n) is 8.24. The van der Waals surface area contributed by atoms with E-state index in [1.807, 2.05) is 6.07 Å². The Bertz CT molecular complexity index is 387. The monoisotopic (exact) mass is 270 g/mol. The average molecular weight is 271 g/mol. The van der Waals surface area contributed by atoms with Crippen LogP contribution in [-0.2, 0) is 9.53 Å². The molecule has 0 aromatic heterocycles. The van der Waals surface area contributed by atoms with Crippen LogP contribution in [0.15, 0.2) is 40.9 Å². The third kappa shape index (κ3) is 2.67. The van der Waals surface area contributed by atoms with Crippen LogP contribution >= 0.6 is 15.9 Å². The van der Waals surface area contributed by atoms with Crippen molar-refractivity contribution in [3.05, 3.63) is 46.5 Å². The van der Waals surface area contributed by atoms with Crippen LogP contribution in [0.4, 0.5) is 0 Å². The minimum absolute atomic E-state index is 0.0180. The molecule has 0 saturated heterocycles.